The average molecular weight is 680 g/mol. The van der Waals surface area contributed by atoms with Crippen molar-refractivity contribution < 1.29 is 31.8 Å². The summed E-state index contributed by atoms with van der Waals surface area (Å²) >= 11 is 8.18. The summed E-state index contributed by atoms with van der Waals surface area (Å²) in [5.74, 6) is 0.148. The van der Waals surface area contributed by atoms with Gasteiger partial charge in [0.05, 0.1) is 11.2 Å². The Hall–Kier alpha value is -2.04. The molecule has 10 nitrogen and oxygen atoms in total. The first-order chi connectivity index (χ1) is 18.9. The highest BCUT2D eigenvalue weighted by molar-refractivity contribution is 7.92. The van der Waals surface area contributed by atoms with Crippen LogP contribution in [0.3, 0.4) is 0 Å². The lowest BCUT2D eigenvalue weighted by Crippen LogP contribution is -2.34. The second-order valence-electron chi connectivity index (χ2n) is 11.3. The van der Waals surface area contributed by atoms with Crippen molar-refractivity contribution in [3.63, 3.8) is 0 Å². The summed E-state index contributed by atoms with van der Waals surface area (Å²) in [5.41, 5.74) is 1.04. The molecular weight excluding hydrogens is 642 g/mol. The maximum atomic E-state index is 12.6. The molecule has 6 N–H and O–H groups in total. The molecule has 0 fully saturated rings. The van der Waals surface area contributed by atoms with Crippen molar-refractivity contribution in [1.82, 2.24) is 4.72 Å². The number of anilines is 1. The SMILES string of the molecule is CC(C)(O)c1csc(S(N)(=O)=O)c1.CC(C)c1cc(Cl)cc(C(C)C)c1NC(=O)NS(=O)(=O)c1cc(C(C)(C)O)cs1. The van der Waals surface area contributed by atoms with Gasteiger partial charge in [0.15, 0.2) is 0 Å². The molecule has 3 aromatic rings. The third-order valence-electron chi connectivity index (χ3n) is 5.98. The summed E-state index contributed by atoms with van der Waals surface area (Å²) in [5, 5.41) is 30.9. The zero-order valence-electron chi connectivity index (χ0n) is 24.6. The van der Waals surface area contributed by atoms with Gasteiger partial charge in [0.1, 0.15) is 8.42 Å². The van der Waals surface area contributed by atoms with Crippen LogP contribution in [0.2, 0.25) is 5.02 Å². The third kappa shape index (κ3) is 9.74. The van der Waals surface area contributed by atoms with Gasteiger partial charge in [0.2, 0.25) is 10.0 Å². The predicted molar refractivity (Wildman–Crippen MR) is 169 cm³/mol. The lowest BCUT2D eigenvalue weighted by Gasteiger charge is -2.21. The smallest absolute Gasteiger partial charge is 0.333 e. The molecule has 2 amide bonds. The Morgan fingerprint density at radius 3 is 1.57 bits per heavy atom. The summed E-state index contributed by atoms with van der Waals surface area (Å²) in [6.07, 6.45) is 0. The molecule has 0 aliphatic carbocycles. The molecule has 0 atom stereocenters. The zero-order valence-corrected chi connectivity index (χ0v) is 28.7. The normalized spacial score (nSPS) is 12.7. The molecule has 42 heavy (non-hydrogen) atoms. The summed E-state index contributed by atoms with van der Waals surface area (Å²) in [4.78, 5) is 12.6. The van der Waals surface area contributed by atoms with E-state index in [1.807, 2.05) is 27.7 Å². The van der Waals surface area contributed by atoms with Crippen molar-refractivity contribution in [3.8, 4) is 0 Å². The van der Waals surface area contributed by atoms with E-state index in [-0.39, 0.29) is 20.3 Å². The van der Waals surface area contributed by atoms with Crippen molar-refractivity contribution in [1.29, 1.82) is 0 Å². The molecule has 0 spiro atoms. The van der Waals surface area contributed by atoms with E-state index in [4.69, 9.17) is 16.7 Å². The van der Waals surface area contributed by atoms with E-state index < -0.39 is 37.3 Å². The molecule has 0 saturated heterocycles. The summed E-state index contributed by atoms with van der Waals surface area (Å²) in [6.45, 7) is 14.2. The van der Waals surface area contributed by atoms with Gasteiger partial charge in [-0.1, -0.05) is 39.3 Å². The number of carbonyl (C=O) groups excluding carboxylic acids is 1. The first kappa shape index (κ1) is 36.2. The van der Waals surface area contributed by atoms with Crippen LogP contribution in [0.15, 0.2) is 43.4 Å². The van der Waals surface area contributed by atoms with Gasteiger partial charge in [-0.2, -0.15) is 0 Å². The predicted octanol–water partition coefficient (Wildman–Crippen LogP) is 6.01. The van der Waals surface area contributed by atoms with Crippen LogP contribution in [0.4, 0.5) is 10.5 Å². The molecule has 1 aromatic carbocycles. The fourth-order valence-corrected chi connectivity index (χ4v) is 7.83. The Labute approximate surface area is 261 Å². The maximum absolute atomic E-state index is 12.6. The van der Waals surface area contributed by atoms with Crippen molar-refractivity contribution in [2.24, 2.45) is 5.14 Å². The lowest BCUT2D eigenvalue weighted by molar-refractivity contribution is 0.0784. The highest BCUT2D eigenvalue weighted by Gasteiger charge is 2.26. The number of carbonyl (C=O) groups is 1. The monoisotopic (exact) mass is 679 g/mol. The summed E-state index contributed by atoms with van der Waals surface area (Å²) < 4.78 is 49.0. The molecule has 0 aliphatic rings. The third-order valence-corrected chi connectivity index (χ3v) is 11.4. The number of aliphatic hydroxyl groups is 2. The van der Waals surface area contributed by atoms with Crippen LogP contribution in [0, 0.1) is 0 Å². The maximum Gasteiger partial charge on any atom is 0.333 e. The number of sulfonamides is 2. The van der Waals surface area contributed by atoms with E-state index in [0.717, 1.165) is 33.8 Å². The van der Waals surface area contributed by atoms with Crippen LogP contribution >= 0.6 is 34.3 Å². The molecule has 0 bridgehead atoms. The molecule has 2 heterocycles. The minimum Gasteiger partial charge on any atom is -0.386 e. The van der Waals surface area contributed by atoms with Gasteiger partial charge in [0.25, 0.3) is 10.0 Å². The number of primary sulfonamides is 1. The second kappa shape index (κ2) is 13.3. The number of amides is 2. The number of nitrogens with two attached hydrogens (primary N) is 1. The Balaban J connectivity index is 0.000000395. The van der Waals surface area contributed by atoms with Crippen molar-refractivity contribution in [3.05, 3.63) is 62.3 Å². The van der Waals surface area contributed by atoms with Crippen molar-refractivity contribution in [2.75, 3.05) is 5.32 Å². The van der Waals surface area contributed by atoms with Crippen LogP contribution in [0.5, 0.6) is 0 Å². The van der Waals surface area contributed by atoms with E-state index in [0.29, 0.717) is 21.8 Å². The van der Waals surface area contributed by atoms with Gasteiger partial charge in [-0.15, -0.1) is 22.7 Å². The van der Waals surface area contributed by atoms with Gasteiger partial charge in [-0.3, -0.25) is 0 Å². The zero-order chi connectivity index (χ0) is 32.4. The molecular formula is C27H38ClN3O7S4. The highest BCUT2D eigenvalue weighted by Crippen LogP contribution is 2.36. The number of urea groups is 1. The van der Waals surface area contributed by atoms with Gasteiger partial charge < -0.3 is 15.5 Å². The van der Waals surface area contributed by atoms with Gasteiger partial charge in [0, 0.05) is 10.7 Å². The second-order valence-corrected chi connectivity index (χ2v) is 17.3. The number of benzene rings is 1. The lowest BCUT2D eigenvalue weighted by atomic mass is 9.92. The molecule has 234 valence electrons. The van der Waals surface area contributed by atoms with Crippen molar-refractivity contribution >= 4 is 66.0 Å². The standard InChI is InChI=1S/C20H27ClN2O4S2.C7H11NO3S2/c1-11(2)15-8-14(21)9-16(12(3)4)18(15)22-19(24)23-29(26,27)17-7-13(10-28-17)20(5,6)25;1-7(2,9)5-3-6(12-4-5)13(8,10)11/h7-12,25H,1-6H3,(H2,22,23,24);3-4,9H,1-2H3,(H2,8,10,11). The minimum atomic E-state index is -4.07. The molecule has 0 aliphatic heterocycles. The largest absolute Gasteiger partial charge is 0.386 e. The quantitative estimate of drug-likeness (QED) is 0.194. The molecule has 0 unspecified atom stereocenters. The van der Waals surface area contributed by atoms with E-state index >= 15 is 0 Å². The number of hydrogen-bond donors (Lipinski definition) is 5. The van der Waals surface area contributed by atoms with E-state index in [9.17, 15) is 31.8 Å². The molecule has 0 saturated carbocycles. The van der Waals surface area contributed by atoms with Crippen LogP contribution in [0.1, 0.15) is 89.5 Å². The molecule has 3 rings (SSSR count). The van der Waals surface area contributed by atoms with Crippen LogP contribution < -0.4 is 15.2 Å². The number of halogens is 1. The number of rotatable bonds is 8. The van der Waals surface area contributed by atoms with Gasteiger partial charge >= 0.3 is 6.03 Å². The highest BCUT2D eigenvalue weighted by atomic mass is 35.5. The van der Waals surface area contributed by atoms with Crippen LogP contribution in [-0.4, -0.2) is 33.1 Å². The van der Waals surface area contributed by atoms with Crippen LogP contribution in [0.25, 0.3) is 0 Å². The van der Waals surface area contributed by atoms with E-state index in [1.165, 1.54) is 12.1 Å². The molecule has 2 aromatic heterocycles. The number of thiophene rings is 2. The summed E-state index contributed by atoms with van der Waals surface area (Å²) in [6, 6.07) is 5.45. The van der Waals surface area contributed by atoms with Crippen LogP contribution in [-0.2, 0) is 31.2 Å². The topological polar surface area (TPSA) is 176 Å². The summed E-state index contributed by atoms with van der Waals surface area (Å²) in [7, 11) is -7.71. The van der Waals surface area contributed by atoms with Gasteiger partial charge in [-0.25, -0.2) is 31.5 Å². The Morgan fingerprint density at radius 1 is 0.833 bits per heavy atom. The minimum absolute atomic E-state index is 0.0472. The first-order valence-corrected chi connectivity index (χ1v) is 17.9. The van der Waals surface area contributed by atoms with E-state index in [1.54, 1.807) is 50.6 Å². The first-order valence-electron chi connectivity index (χ1n) is 12.8. The number of hydrogen-bond acceptors (Lipinski definition) is 9. The van der Waals surface area contributed by atoms with Gasteiger partial charge in [-0.05, 0) is 96.8 Å². The average Bonchev–Trinajstić information content (AvgIpc) is 3.50. The Morgan fingerprint density at radius 2 is 1.24 bits per heavy atom. The Bertz CT molecular complexity index is 1600. The Kier molecular flexibility index (Phi) is 11.5. The van der Waals surface area contributed by atoms with E-state index in [2.05, 4.69) is 10.0 Å². The molecule has 15 heteroatoms. The molecule has 0 radical (unpaired) electrons. The fraction of sp³-hybridized carbons (Fsp3) is 0.444. The van der Waals surface area contributed by atoms with Crippen molar-refractivity contribution in [2.45, 2.75) is 86.8 Å². The number of nitrogens with one attached hydrogen (secondary N) is 2. The fourth-order valence-electron chi connectivity index (χ4n) is 3.58.